The summed E-state index contributed by atoms with van der Waals surface area (Å²) in [5.41, 5.74) is 1.28. The molecule has 0 spiro atoms. The molecule has 0 bridgehead atoms. The molecule has 0 saturated carbocycles. The lowest BCUT2D eigenvalue weighted by atomic mass is 10.1. The van der Waals surface area contributed by atoms with Crippen LogP contribution in [0.2, 0.25) is 0 Å². The van der Waals surface area contributed by atoms with E-state index >= 15 is 0 Å². The first-order chi connectivity index (χ1) is 15.1. The van der Waals surface area contributed by atoms with Crippen molar-refractivity contribution in [2.45, 2.75) is 38.5 Å². The lowest BCUT2D eigenvalue weighted by molar-refractivity contribution is -0.137. The van der Waals surface area contributed by atoms with Gasteiger partial charge >= 0.3 is 5.97 Å². The van der Waals surface area contributed by atoms with E-state index in [-0.39, 0.29) is 11.9 Å². The third kappa shape index (κ3) is 9.38. The van der Waals surface area contributed by atoms with Gasteiger partial charge in [-0.15, -0.1) is 0 Å². The predicted molar refractivity (Wildman–Crippen MR) is 122 cm³/mol. The Labute approximate surface area is 184 Å². The largest absolute Gasteiger partial charge is 0.497 e. The lowest BCUT2D eigenvalue weighted by Crippen LogP contribution is -2.11. The molecule has 1 amide bonds. The summed E-state index contributed by atoms with van der Waals surface area (Å²) in [6.45, 7) is 4.47. The zero-order valence-corrected chi connectivity index (χ0v) is 18.1. The van der Waals surface area contributed by atoms with Crippen molar-refractivity contribution in [1.29, 1.82) is 0 Å². The number of esters is 1. The van der Waals surface area contributed by atoms with Gasteiger partial charge in [-0.2, -0.15) is 0 Å². The first kappa shape index (κ1) is 24.0. The van der Waals surface area contributed by atoms with Gasteiger partial charge in [0, 0.05) is 17.3 Å². The Morgan fingerprint density at radius 1 is 0.839 bits per heavy atom. The van der Waals surface area contributed by atoms with Crippen molar-refractivity contribution in [3.8, 4) is 11.5 Å². The number of nitrogens with one attached hydrogen (secondary N) is 1. The molecule has 31 heavy (non-hydrogen) atoms. The Balaban J connectivity index is 1.58. The number of hydrogen-bond donors (Lipinski definition) is 1. The number of unbranched alkanes of at least 4 members (excludes halogenated alkanes) is 5. The maximum Gasteiger partial charge on any atom is 0.330 e. The molecule has 166 valence electrons. The van der Waals surface area contributed by atoms with Gasteiger partial charge in [-0.3, -0.25) is 4.79 Å². The third-order valence-electron chi connectivity index (χ3n) is 4.68. The number of rotatable bonds is 14. The first-order valence-corrected chi connectivity index (χ1v) is 10.6. The van der Waals surface area contributed by atoms with Crippen LogP contribution in [0, 0.1) is 0 Å². The molecule has 1 N–H and O–H groups in total. The molecule has 0 aliphatic carbocycles. The summed E-state index contributed by atoms with van der Waals surface area (Å²) >= 11 is 0. The Kier molecular flexibility index (Phi) is 10.7. The Bertz CT molecular complexity index is 815. The zero-order valence-electron chi connectivity index (χ0n) is 18.1. The molecule has 0 aliphatic heterocycles. The number of carbonyl (C=O) groups is 2. The van der Waals surface area contributed by atoms with E-state index in [1.165, 1.54) is 6.08 Å². The summed E-state index contributed by atoms with van der Waals surface area (Å²) in [4.78, 5) is 23.2. The maximum atomic E-state index is 12.3. The van der Waals surface area contributed by atoms with Crippen LogP contribution in [0.4, 0.5) is 5.69 Å². The Morgan fingerprint density at radius 3 is 2.03 bits per heavy atom. The van der Waals surface area contributed by atoms with Crippen LogP contribution in [0.3, 0.4) is 0 Å². The molecular weight excluding hydrogens is 394 g/mol. The Morgan fingerprint density at radius 2 is 1.42 bits per heavy atom. The van der Waals surface area contributed by atoms with Crippen LogP contribution >= 0.6 is 0 Å². The number of anilines is 1. The second kappa shape index (κ2) is 13.9. The number of methoxy groups -OCH3 is 1. The lowest BCUT2D eigenvalue weighted by Gasteiger charge is -2.09. The van der Waals surface area contributed by atoms with Gasteiger partial charge in [-0.25, -0.2) is 4.79 Å². The number of hydrogen-bond acceptors (Lipinski definition) is 5. The molecule has 0 saturated heterocycles. The molecule has 2 aromatic carbocycles. The van der Waals surface area contributed by atoms with E-state index in [0.717, 1.165) is 50.0 Å². The highest BCUT2D eigenvalue weighted by Gasteiger charge is 2.06. The van der Waals surface area contributed by atoms with Gasteiger partial charge < -0.3 is 19.5 Å². The van der Waals surface area contributed by atoms with Crippen molar-refractivity contribution in [3.63, 3.8) is 0 Å². The molecule has 0 atom stereocenters. The van der Waals surface area contributed by atoms with E-state index in [9.17, 15) is 9.59 Å². The number of ether oxygens (including phenoxy) is 3. The molecule has 0 unspecified atom stereocenters. The molecular formula is C25H31NO5. The van der Waals surface area contributed by atoms with Crippen molar-refractivity contribution in [3.05, 3.63) is 66.7 Å². The van der Waals surface area contributed by atoms with Crippen LogP contribution in [0.25, 0.3) is 0 Å². The standard InChI is InChI=1S/C25H31NO5/c1-3-24(27)31-19-9-7-5-4-6-8-18-30-23-14-10-20(11-15-23)25(28)26-21-12-16-22(29-2)17-13-21/h3,10-17H,1,4-9,18-19H2,2H3,(H,26,28). The average Bonchev–Trinajstić information content (AvgIpc) is 2.80. The number of benzene rings is 2. The monoisotopic (exact) mass is 425 g/mol. The summed E-state index contributed by atoms with van der Waals surface area (Å²) in [6.07, 6.45) is 7.43. The highest BCUT2D eigenvalue weighted by Crippen LogP contribution is 2.17. The van der Waals surface area contributed by atoms with Gasteiger partial charge in [0.1, 0.15) is 11.5 Å². The fourth-order valence-corrected chi connectivity index (χ4v) is 2.91. The summed E-state index contributed by atoms with van der Waals surface area (Å²) in [5.74, 6) is 0.968. The molecule has 6 nitrogen and oxygen atoms in total. The average molecular weight is 426 g/mol. The molecule has 0 fully saturated rings. The van der Waals surface area contributed by atoms with Crippen molar-refractivity contribution >= 4 is 17.6 Å². The van der Waals surface area contributed by atoms with Gasteiger partial charge in [0.15, 0.2) is 0 Å². The van der Waals surface area contributed by atoms with E-state index in [2.05, 4.69) is 11.9 Å². The fourth-order valence-electron chi connectivity index (χ4n) is 2.91. The molecule has 6 heteroatoms. The van der Waals surface area contributed by atoms with Crippen molar-refractivity contribution < 1.29 is 23.8 Å². The van der Waals surface area contributed by atoms with Crippen LogP contribution in [-0.2, 0) is 9.53 Å². The smallest absolute Gasteiger partial charge is 0.330 e. The van der Waals surface area contributed by atoms with E-state index in [1.807, 2.05) is 12.1 Å². The number of carbonyl (C=O) groups excluding carboxylic acids is 2. The first-order valence-electron chi connectivity index (χ1n) is 10.6. The van der Waals surface area contributed by atoms with Crippen molar-refractivity contribution in [1.82, 2.24) is 0 Å². The molecule has 0 aliphatic rings. The fraction of sp³-hybridized carbons (Fsp3) is 0.360. The van der Waals surface area contributed by atoms with Gasteiger partial charge in [0.05, 0.1) is 20.3 Å². The van der Waals surface area contributed by atoms with Crippen LogP contribution in [0.5, 0.6) is 11.5 Å². The van der Waals surface area contributed by atoms with Crippen LogP contribution in [0.1, 0.15) is 48.9 Å². The van der Waals surface area contributed by atoms with E-state index < -0.39 is 0 Å². The third-order valence-corrected chi connectivity index (χ3v) is 4.68. The SMILES string of the molecule is C=CC(=O)OCCCCCCCCOc1ccc(C(=O)Nc2ccc(OC)cc2)cc1. The minimum Gasteiger partial charge on any atom is -0.497 e. The molecule has 0 radical (unpaired) electrons. The highest BCUT2D eigenvalue weighted by atomic mass is 16.5. The quantitative estimate of drug-likeness (QED) is 0.249. The van der Waals surface area contributed by atoms with Crippen LogP contribution in [-0.4, -0.2) is 32.2 Å². The maximum absolute atomic E-state index is 12.3. The second-order valence-electron chi connectivity index (χ2n) is 7.05. The van der Waals surface area contributed by atoms with Crippen LogP contribution in [0.15, 0.2) is 61.2 Å². The van der Waals surface area contributed by atoms with E-state index in [1.54, 1.807) is 43.5 Å². The molecule has 0 aromatic heterocycles. The highest BCUT2D eigenvalue weighted by molar-refractivity contribution is 6.04. The van der Waals surface area contributed by atoms with Gasteiger partial charge in [-0.1, -0.05) is 32.3 Å². The van der Waals surface area contributed by atoms with Gasteiger partial charge in [0.2, 0.25) is 0 Å². The second-order valence-corrected chi connectivity index (χ2v) is 7.05. The summed E-state index contributed by atoms with van der Waals surface area (Å²) in [5, 5.41) is 2.86. The van der Waals surface area contributed by atoms with E-state index in [0.29, 0.717) is 24.5 Å². The Hall–Kier alpha value is -3.28. The van der Waals surface area contributed by atoms with Gasteiger partial charge in [-0.05, 0) is 61.4 Å². The zero-order chi connectivity index (χ0) is 22.3. The predicted octanol–water partition coefficient (Wildman–Crippen LogP) is 5.40. The molecule has 2 aromatic rings. The minimum atomic E-state index is -0.358. The summed E-state index contributed by atoms with van der Waals surface area (Å²) < 4.78 is 15.8. The minimum absolute atomic E-state index is 0.170. The topological polar surface area (TPSA) is 73.9 Å². The molecule has 0 heterocycles. The van der Waals surface area contributed by atoms with Crippen molar-refractivity contribution in [2.75, 3.05) is 25.6 Å². The van der Waals surface area contributed by atoms with E-state index in [4.69, 9.17) is 14.2 Å². The number of amides is 1. The van der Waals surface area contributed by atoms with Gasteiger partial charge in [0.25, 0.3) is 5.91 Å². The summed E-state index contributed by atoms with van der Waals surface area (Å²) in [7, 11) is 1.60. The summed E-state index contributed by atoms with van der Waals surface area (Å²) in [6, 6.07) is 14.3. The van der Waals surface area contributed by atoms with Crippen LogP contribution < -0.4 is 14.8 Å². The molecule has 2 rings (SSSR count). The normalized spacial score (nSPS) is 10.2. The van der Waals surface area contributed by atoms with Crippen molar-refractivity contribution in [2.24, 2.45) is 0 Å².